The lowest BCUT2D eigenvalue weighted by molar-refractivity contribution is -0.0924. The maximum atomic E-state index is 5.71. The number of likely N-dealkylation sites (tertiary alicyclic amines) is 1. The number of piperidine rings is 1. The molecule has 3 heterocycles. The van der Waals surface area contributed by atoms with E-state index in [-0.39, 0.29) is 0 Å². The van der Waals surface area contributed by atoms with E-state index in [0.717, 1.165) is 26.2 Å². The molecule has 0 saturated carbocycles. The fourth-order valence-corrected chi connectivity index (χ4v) is 3.61. The molecule has 0 aromatic heterocycles. The Hall–Kier alpha value is -0.160. The maximum absolute atomic E-state index is 5.71. The van der Waals surface area contributed by atoms with E-state index in [1.165, 1.54) is 52.0 Å². The summed E-state index contributed by atoms with van der Waals surface area (Å²) in [7, 11) is 0. The monoisotopic (exact) mass is 254 g/mol. The molecule has 3 rings (SSSR count). The third kappa shape index (κ3) is 3.05. The van der Waals surface area contributed by atoms with Crippen LogP contribution >= 0.6 is 0 Å². The highest BCUT2D eigenvalue weighted by Gasteiger charge is 2.38. The van der Waals surface area contributed by atoms with Crippen molar-refractivity contribution in [1.29, 1.82) is 0 Å². The quantitative estimate of drug-likeness (QED) is 0.810. The van der Waals surface area contributed by atoms with Crippen molar-refractivity contribution in [3.63, 3.8) is 0 Å². The van der Waals surface area contributed by atoms with Gasteiger partial charge < -0.3 is 19.7 Å². The van der Waals surface area contributed by atoms with Gasteiger partial charge in [0.1, 0.15) is 0 Å². The molecule has 18 heavy (non-hydrogen) atoms. The molecule has 1 N–H and O–H groups in total. The lowest BCUT2D eigenvalue weighted by Gasteiger charge is -2.34. The molecular formula is C14H26N2O2. The van der Waals surface area contributed by atoms with Gasteiger partial charge in [0, 0.05) is 13.1 Å². The number of nitrogens with zero attached hydrogens (tertiary/aromatic N) is 1. The van der Waals surface area contributed by atoms with E-state index in [4.69, 9.17) is 9.47 Å². The molecule has 0 aliphatic carbocycles. The van der Waals surface area contributed by atoms with Crippen LogP contribution in [0, 0.1) is 5.41 Å². The third-order valence-electron chi connectivity index (χ3n) is 4.83. The van der Waals surface area contributed by atoms with Crippen LogP contribution in [-0.4, -0.2) is 63.5 Å². The van der Waals surface area contributed by atoms with Gasteiger partial charge in [-0.25, -0.2) is 0 Å². The van der Waals surface area contributed by atoms with Crippen LogP contribution in [0.4, 0.5) is 0 Å². The van der Waals surface area contributed by atoms with E-state index in [2.05, 4.69) is 10.2 Å². The lowest BCUT2D eigenvalue weighted by Crippen LogP contribution is -2.39. The summed E-state index contributed by atoms with van der Waals surface area (Å²) in [4.78, 5) is 2.64. The van der Waals surface area contributed by atoms with E-state index in [1.54, 1.807) is 0 Å². The van der Waals surface area contributed by atoms with Crippen molar-refractivity contribution in [3.8, 4) is 0 Å². The first kappa shape index (κ1) is 12.9. The molecule has 1 unspecified atom stereocenters. The van der Waals surface area contributed by atoms with Crippen LogP contribution in [0.1, 0.15) is 25.7 Å². The van der Waals surface area contributed by atoms with Gasteiger partial charge in [-0.05, 0) is 50.7 Å². The molecule has 4 heteroatoms. The minimum absolute atomic E-state index is 0.336. The van der Waals surface area contributed by atoms with E-state index in [0.29, 0.717) is 11.5 Å². The Balaban J connectivity index is 1.41. The van der Waals surface area contributed by atoms with Crippen molar-refractivity contribution in [2.24, 2.45) is 5.41 Å². The highest BCUT2D eigenvalue weighted by molar-refractivity contribution is 4.93. The van der Waals surface area contributed by atoms with Crippen LogP contribution in [0.3, 0.4) is 0 Å². The zero-order chi connectivity index (χ0) is 12.3. The van der Waals surface area contributed by atoms with Crippen molar-refractivity contribution in [2.75, 3.05) is 52.5 Å². The maximum Gasteiger partial charge on any atom is 0.0821 e. The smallest absolute Gasteiger partial charge is 0.0821 e. The minimum Gasteiger partial charge on any atom is -0.376 e. The largest absolute Gasteiger partial charge is 0.376 e. The first-order chi connectivity index (χ1) is 8.86. The number of hydrogen-bond donors (Lipinski definition) is 1. The van der Waals surface area contributed by atoms with Crippen LogP contribution in [0.15, 0.2) is 0 Å². The van der Waals surface area contributed by atoms with Gasteiger partial charge in [0.05, 0.1) is 25.9 Å². The Morgan fingerprint density at radius 3 is 2.83 bits per heavy atom. The van der Waals surface area contributed by atoms with Gasteiger partial charge in [-0.3, -0.25) is 0 Å². The van der Waals surface area contributed by atoms with Crippen molar-refractivity contribution < 1.29 is 9.47 Å². The Bertz CT molecular complexity index is 261. The van der Waals surface area contributed by atoms with Crippen LogP contribution in [0.2, 0.25) is 0 Å². The topological polar surface area (TPSA) is 33.7 Å². The summed E-state index contributed by atoms with van der Waals surface area (Å²) in [5, 5.41) is 3.48. The van der Waals surface area contributed by atoms with Crippen molar-refractivity contribution in [3.05, 3.63) is 0 Å². The van der Waals surface area contributed by atoms with Gasteiger partial charge in [-0.1, -0.05) is 0 Å². The van der Waals surface area contributed by atoms with Crippen molar-refractivity contribution >= 4 is 0 Å². The molecule has 3 saturated heterocycles. The highest BCUT2D eigenvalue weighted by Crippen LogP contribution is 2.38. The molecule has 104 valence electrons. The first-order valence-electron chi connectivity index (χ1n) is 7.49. The summed E-state index contributed by atoms with van der Waals surface area (Å²) in [5.74, 6) is 0. The molecule has 4 nitrogen and oxygen atoms in total. The Kier molecular flexibility index (Phi) is 4.19. The third-order valence-corrected chi connectivity index (χ3v) is 4.83. The second-order valence-electron chi connectivity index (χ2n) is 6.13. The standard InChI is InChI=1S/C14H26N2O2/c1(13-11-17-9-10-18-13)7-16-8-4-14(12-16)2-5-15-6-3-14/h13,15H,1-12H2. The molecule has 3 aliphatic heterocycles. The summed E-state index contributed by atoms with van der Waals surface area (Å²) in [6.07, 6.45) is 5.60. The minimum atomic E-state index is 0.336. The highest BCUT2D eigenvalue weighted by atomic mass is 16.6. The second-order valence-corrected chi connectivity index (χ2v) is 6.13. The second kappa shape index (κ2) is 5.87. The van der Waals surface area contributed by atoms with Crippen molar-refractivity contribution in [1.82, 2.24) is 10.2 Å². The molecule has 0 aromatic carbocycles. The summed E-state index contributed by atoms with van der Waals surface area (Å²) in [6.45, 7) is 8.55. The molecule has 0 bridgehead atoms. The molecular weight excluding hydrogens is 228 g/mol. The average molecular weight is 254 g/mol. The lowest BCUT2D eigenvalue weighted by atomic mass is 9.78. The number of hydrogen-bond acceptors (Lipinski definition) is 4. The van der Waals surface area contributed by atoms with Crippen LogP contribution in [0.25, 0.3) is 0 Å². The Labute approximate surface area is 110 Å². The molecule has 3 fully saturated rings. The Morgan fingerprint density at radius 1 is 1.17 bits per heavy atom. The van der Waals surface area contributed by atoms with Gasteiger partial charge in [0.15, 0.2) is 0 Å². The predicted octanol–water partition coefficient (Wildman–Crippen LogP) is 0.867. The molecule has 1 atom stereocenters. The summed E-state index contributed by atoms with van der Waals surface area (Å²) >= 11 is 0. The zero-order valence-electron chi connectivity index (χ0n) is 11.3. The van der Waals surface area contributed by atoms with E-state index >= 15 is 0 Å². The fraction of sp³-hybridized carbons (Fsp3) is 1.00. The van der Waals surface area contributed by atoms with Crippen LogP contribution < -0.4 is 5.32 Å². The van der Waals surface area contributed by atoms with Gasteiger partial charge >= 0.3 is 0 Å². The number of ether oxygens (including phenoxy) is 2. The van der Waals surface area contributed by atoms with Gasteiger partial charge in [-0.2, -0.15) is 0 Å². The number of rotatable bonds is 3. The first-order valence-corrected chi connectivity index (χ1v) is 7.49. The molecule has 1 spiro atoms. The fourth-order valence-electron chi connectivity index (χ4n) is 3.61. The average Bonchev–Trinajstić information content (AvgIpc) is 2.82. The van der Waals surface area contributed by atoms with Crippen molar-refractivity contribution in [2.45, 2.75) is 31.8 Å². The predicted molar refractivity (Wildman–Crippen MR) is 70.8 cm³/mol. The molecule has 0 amide bonds. The van der Waals surface area contributed by atoms with Gasteiger partial charge in [0.2, 0.25) is 0 Å². The summed E-state index contributed by atoms with van der Waals surface area (Å²) in [6, 6.07) is 0. The normalized spacial score (nSPS) is 33.0. The summed E-state index contributed by atoms with van der Waals surface area (Å²) in [5.41, 5.74) is 0.634. The van der Waals surface area contributed by atoms with E-state index in [1.807, 2.05) is 0 Å². The Morgan fingerprint density at radius 2 is 2.06 bits per heavy atom. The molecule has 3 aliphatic rings. The molecule has 0 radical (unpaired) electrons. The zero-order valence-corrected chi connectivity index (χ0v) is 11.3. The number of nitrogens with one attached hydrogen (secondary N) is 1. The van der Waals surface area contributed by atoms with Gasteiger partial charge in [0.25, 0.3) is 0 Å². The van der Waals surface area contributed by atoms with Gasteiger partial charge in [-0.15, -0.1) is 0 Å². The van der Waals surface area contributed by atoms with E-state index in [9.17, 15) is 0 Å². The van der Waals surface area contributed by atoms with Crippen LogP contribution in [0.5, 0.6) is 0 Å². The van der Waals surface area contributed by atoms with E-state index < -0.39 is 0 Å². The van der Waals surface area contributed by atoms with Crippen LogP contribution in [-0.2, 0) is 9.47 Å². The SMILES string of the molecule is C1CC2(CCN1)CCN(CCC1COCCO1)C2. The summed E-state index contributed by atoms with van der Waals surface area (Å²) < 4.78 is 11.2. The molecule has 0 aromatic rings.